The highest BCUT2D eigenvalue weighted by atomic mass is 35.5. The Morgan fingerprint density at radius 2 is 2.25 bits per heavy atom. The van der Waals surface area contributed by atoms with Crippen molar-refractivity contribution in [3.63, 3.8) is 0 Å². The fourth-order valence-electron chi connectivity index (χ4n) is 1.01. The van der Waals surface area contributed by atoms with Crippen molar-refractivity contribution < 1.29 is 9.53 Å². The van der Waals surface area contributed by atoms with Gasteiger partial charge in [0.2, 0.25) is 0 Å². The van der Waals surface area contributed by atoms with Gasteiger partial charge >= 0.3 is 5.97 Å². The Balaban J connectivity index is 2.35. The first-order chi connectivity index (χ1) is 7.70. The van der Waals surface area contributed by atoms with Gasteiger partial charge in [0.05, 0.1) is 7.11 Å². The predicted molar refractivity (Wildman–Crippen MR) is 53.3 cm³/mol. The second kappa shape index (κ2) is 4.23. The van der Waals surface area contributed by atoms with Gasteiger partial charge in [0.25, 0.3) is 5.82 Å². The van der Waals surface area contributed by atoms with Crippen LogP contribution in [0.5, 0.6) is 0 Å². The summed E-state index contributed by atoms with van der Waals surface area (Å²) in [5, 5.41) is 4.15. The van der Waals surface area contributed by atoms with Gasteiger partial charge < -0.3 is 4.74 Å². The zero-order valence-electron chi connectivity index (χ0n) is 8.16. The summed E-state index contributed by atoms with van der Waals surface area (Å²) in [6.07, 6.45) is 2.63. The van der Waals surface area contributed by atoms with E-state index >= 15 is 0 Å². The number of esters is 1. The van der Waals surface area contributed by atoms with E-state index < -0.39 is 5.97 Å². The molecule has 0 N–H and O–H groups in total. The van der Waals surface area contributed by atoms with Crippen LogP contribution in [0.3, 0.4) is 0 Å². The van der Waals surface area contributed by atoms with Crippen LogP contribution in [-0.4, -0.2) is 37.8 Å². The molecule has 0 bridgehead atoms. The number of carbonyl (C=O) groups is 1. The van der Waals surface area contributed by atoms with Gasteiger partial charge in [-0.3, -0.25) is 0 Å². The lowest BCUT2D eigenvalue weighted by Crippen LogP contribution is -2.05. The van der Waals surface area contributed by atoms with Crippen LogP contribution in [0, 0.1) is 0 Å². The third-order valence-corrected chi connectivity index (χ3v) is 1.92. The Hall–Kier alpha value is -2.02. The van der Waals surface area contributed by atoms with E-state index in [1.165, 1.54) is 30.5 Å². The highest BCUT2D eigenvalue weighted by Gasteiger charge is 2.12. The first-order valence-corrected chi connectivity index (χ1v) is 4.56. The van der Waals surface area contributed by atoms with Crippen molar-refractivity contribution in [1.29, 1.82) is 0 Å². The topological polar surface area (TPSA) is 82.8 Å². The molecule has 0 amide bonds. The van der Waals surface area contributed by atoms with Crippen molar-refractivity contribution in [3.8, 4) is 5.82 Å². The molecule has 0 spiro atoms. The molecule has 0 aromatic carbocycles. The van der Waals surface area contributed by atoms with E-state index in [0.29, 0.717) is 5.82 Å². The largest absolute Gasteiger partial charge is 0.463 e. The molecule has 2 heterocycles. The SMILES string of the molecule is COC(=O)c1ncn(-c2cc(Cl)ncn2)n1. The van der Waals surface area contributed by atoms with E-state index in [-0.39, 0.29) is 11.0 Å². The van der Waals surface area contributed by atoms with Crippen molar-refractivity contribution in [3.05, 3.63) is 29.7 Å². The molecule has 2 aromatic heterocycles. The second-order valence-corrected chi connectivity index (χ2v) is 3.09. The van der Waals surface area contributed by atoms with Crippen molar-refractivity contribution >= 4 is 17.6 Å². The predicted octanol–water partition coefficient (Wildman–Crippen LogP) is 0.497. The maximum Gasteiger partial charge on any atom is 0.377 e. The molecule has 16 heavy (non-hydrogen) atoms. The van der Waals surface area contributed by atoms with Crippen LogP contribution >= 0.6 is 11.6 Å². The number of carbonyl (C=O) groups excluding carboxylic acids is 1. The van der Waals surface area contributed by atoms with Crippen LogP contribution in [-0.2, 0) is 4.74 Å². The fourth-order valence-corrected chi connectivity index (χ4v) is 1.15. The summed E-state index contributed by atoms with van der Waals surface area (Å²) in [6, 6.07) is 1.50. The number of hydrogen-bond donors (Lipinski definition) is 0. The van der Waals surface area contributed by atoms with E-state index in [1.807, 2.05) is 0 Å². The van der Waals surface area contributed by atoms with Crippen molar-refractivity contribution in [1.82, 2.24) is 24.7 Å². The van der Waals surface area contributed by atoms with Crippen LogP contribution in [0.15, 0.2) is 18.7 Å². The minimum Gasteiger partial charge on any atom is -0.463 e. The summed E-state index contributed by atoms with van der Waals surface area (Å²) < 4.78 is 5.78. The molecule has 0 radical (unpaired) electrons. The average Bonchev–Trinajstić information content (AvgIpc) is 2.77. The van der Waals surface area contributed by atoms with Gasteiger partial charge in [-0.2, -0.15) is 0 Å². The van der Waals surface area contributed by atoms with E-state index in [1.54, 1.807) is 0 Å². The molecule has 7 nitrogen and oxygen atoms in total. The molecule has 0 aliphatic heterocycles. The Morgan fingerprint density at radius 1 is 1.44 bits per heavy atom. The maximum atomic E-state index is 11.1. The van der Waals surface area contributed by atoms with E-state index in [4.69, 9.17) is 11.6 Å². The average molecular weight is 240 g/mol. The van der Waals surface area contributed by atoms with Gasteiger partial charge in [-0.05, 0) is 0 Å². The molecule has 82 valence electrons. The number of halogens is 1. The third kappa shape index (κ3) is 1.98. The minimum absolute atomic E-state index is 0.0442. The van der Waals surface area contributed by atoms with Crippen LogP contribution in [0.4, 0.5) is 0 Å². The molecule has 8 heteroatoms. The van der Waals surface area contributed by atoms with Crippen molar-refractivity contribution in [2.45, 2.75) is 0 Å². The van der Waals surface area contributed by atoms with Crippen LogP contribution in [0.2, 0.25) is 5.15 Å². The number of ether oxygens (including phenoxy) is 1. The standard InChI is InChI=1S/C8H6ClN5O2/c1-16-8(15)7-12-4-14(13-7)6-2-5(9)10-3-11-6/h2-4H,1H3. The first-order valence-electron chi connectivity index (χ1n) is 4.18. The van der Waals surface area contributed by atoms with E-state index in [0.717, 1.165) is 0 Å². The van der Waals surface area contributed by atoms with E-state index in [2.05, 4.69) is 24.8 Å². The lowest BCUT2D eigenvalue weighted by molar-refractivity contribution is 0.0587. The highest BCUT2D eigenvalue weighted by Crippen LogP contribution is 2.07. The molecule has 0 atom stereocenters. The fraction of sp³-hybridized carbons (Fsp3) is 0.125. The minimum atomic E-state index is -0.612. The van der Waals surface area contributed by atoms with Crippen molar-refractivity contribution in [2.75, 3.05) is 7.11 Å². The van der Waals surface area contributed by atoms with Gasteiger partial charge in [0, 0.05) is 6.07 Å². The molecular formula is C8H6ClN5O2. The van der Waals surface area contributed by atoms with Gasteiger partial charge in [-0.25, -0.2) is 24.4 Å². The van der Waals surface area contributed by atoms with Crippen molar-refractivity contribution in [2.24, 2.45) is 0 Å². The van der Waals surface area contributed by atoms with Gasteiger partial charge in [-0.1, -0.05) is 11.6 Å². The third-order valence-electron chi connectivity index (χ3n) is 1.71. The molecule has 0 aliphatic rings. The number of nitrogens with zero attached hydrogens (tertiary/aromatic N) is 5. The lowest BCUT2D eigenvalue weighted by atomic mass is 10.6. The normalized spacial score (nSPS) is 10.1. The second-order valence-electron chi connectivity index (χ2n) is 2.70. The number of rotatable bonds is 2. The molecular weight excluding hydrogens is 234 g/mol. The summed E-state index contributed by atoms with van der Waals surface area (Å²) in [4.78, 5) is 22.5. The summed E-state index contributed by atoms with van der Waals surface area (Å²) in [5.41, 5.74) is 0. The Kier molecular flexibility index (Phi) is 2.78. The summed E-state index contributed by atoms with van der Waals surface area (Å²) >= 11 is 5.69. The smallest absolute Gasteiger partial charge is 0.377 e. The monoisotopic (exact) mass is 239 g/mol. The molecule has 2 rings (SSSR count). The molecule has 0 unspecified atom stereocenters. The molecule has 2 aromatic rings. The zero-order chi connectivity index (χ0) is 11.5. The summed E-state index contributed by atoms with van der Waals surface area (Å²) in [7, 11) is 1.25. The number of aromatic nitrogens is 5. The van der Waals surface area contributed by atoms with Gasteiger partial charge in [0.15, 0.2) is 5.82 Å². The quantitative estimate of drug-likeness (QED) is 0.561. The van der Waals surface area contributed by atoms with Gasteiger partial charge in [0.1, 0.15) is 17.8 Å². The lowest BCUT2D eigenvalue weighted by Gasteiger charge is -1.97. The number of hydrogen-bond acceptors (Lipinski definition) is 6. The summed E-state index contributed by atoms with van der Waals surface area (Å²) in [6.45, 7) is 0. The highest BCUT2D eigenvalue weighted by molar-refractivity contribution is 6.29. The Morgan fingerprint density at radius 3 is 2.94 bits per heavy atom. The molecule has 0 fully saturated rings. The first kappa shape index (κ1) is 10.5. The molecule has 0 saturated carbocycles. The zero-order valence-corrected chi connectivity index (χ0v) is 8.92. The van der Waals surface area contributed by atoms with Crippen LogP contribution in [0.25, 0.3) is 5.82 Å². The van der Waals surface area contributed by atoms with E-state index in [9.17, 15) is 4.79 Å². The van der Waals surface area contributed by atoms with Crippen LogP contribution < -0.4 is 0 Å². The Bertz CT molecular complexity index is 527. The van der Waals surface area contributed by atoms with Crippen LogP contribution in [0.1, 0.15) is 10.6 Å². The van der Waals surface area contributed by atoms with Gasteiger partial charge in [-0.15, -0.1) is 5.10 Å². The molecule has 0 aliphatic carbocycles. The summed E-state index contributed by atoms with van der Waals surface area (Å²) in [5.74, 6) is -0.237. The Labute approximate surface area is 95.1 Å². The maximum absolute atomic E-state index is 11.1. The molecule has 0 saturated heterocycles. The number of methoxy groups -OCH3 is 1.